The molecule has 0 bridgehead atoms. The van der Waals surface area contributed by atoms with Crippen LogP contribution in [0.1, 0.15) is 18.9 Å². The molecule has 0 saturated carbocycles. The van der Waals surface area contributed by atoms with Gasteiger partial charge in [0.25, 0.3) is 0 Å². The van der Waals surface area contributed by atoms with E-state index in [1.807, 2.05) is 12.1 Å². The summed E-state index contributed by atoms with van der Waals surface area (Å²) in [5.74, 6) is 0.849. The number of furan rings is 1. The van der Waals surface area contributed by atoms with Crippen molar-refractivity contribution in [2.24, 2.45) is 0 Å². The normalized spacial score (nSPS) is 11.3. The first-order chi connectivity index (χ1) is 9.83. The molecule has 0 aliphatic heterocycles. The van der Waals surface area contributed by atoms with Gasteiger partial charge in [0.1, 0.15) is 5.69 Å². The molecule has 2 heterocycles. The Morgan fingerprint density at radius 1 is 1.30 bits per heavy atom. The third kappa shape index (κ3) is 4.44. The minimum Gasteiger partial charge on any atom is -0.463 e. The van der Waals surface area contributed by atoms with E-state index >= 15 is 0 Å². The van der Waals surface area contributed by atoms with Crippen LogP contribution in [0.3, 0.4) is 0 Å². The molecule has 0 atom stereocenters. The summed E-state index contributed by atoms with van der Waals surface area (Å²) in [7, 11) is 0. The fraction of sp³-hybridized carbons (Fsp3) is 0.533. The highest BCUT2D eigenvalue weighted by atomic mass is 32.1. The molecule has 20 heavy (non-hydrogen) atoms. The van der Waals surface area contributed by atoms with Crippen molar-refractivity contribution in [3.8, 4) is 11.5 Å². The first-order valence-electron chi connectivity index (χ1n) is 7.24. The second kappa shape index (κ2) is 8.19. The molecule has 0 aromatic carbocycles. The van der Waals surface area contributed by atoms with Gasteiger partial charge in [-0.15, -0.1) is 11.3 Å². The van der Waals surface area contributed by atoms with Crippen LogP contribution in [-0.4, -0.2) is 42.6 Å². The van der Waals surface area contributed by atoms with Gasteiger partial charge in [0.05, 0.1) is 11.3 Å². The van der Waals surface area contributed by atoms with Crippen molar-refractivity contribution in [3.05, 3.63) is 28.8 Å². The monoisotopic (exact) mass is 293 g/mol. The first kappa shape index (κ1) is 15.2. The van der Waals surface area contributed by atoms with Gasteiger partial charge in [-0.3, -0.25) is 0 Å². The van der Waals surface area contributed by atoms with Crippen molar-refractivity contribution in [1.29, 1.82) is 0 Å². The lowest BCUT2D eigenvalue weighted by Crippen LogP contribution is -2.32. The summed E-state index contributed by atoms with van der Waals surface area (Å²) >= 11 is 1.70. The molecule has 4 nitrogen and oxygen atoms in total. The summed E-state index contributed by atoms with van der Waals surface area (Å²) in [5, 5.41) is 6.70. The highest BCUT2D eigenvalue weighted by Crippen LogP contribution is 2.22. The number of nitrogens with zero attached hydrogens (tertiary/aromatic N) is 2. The lowest BCUT2D eigenvalue weighted by atomic mass is 10.3. The molecule has 0 spiro atoms. The molecule has 5 heteroatoms. The Balaban J connectivity index is 1.67. The highest BCUT2D eigenvalue weighted by molar-refractivity contribution is 7.09. The van der Waals surface area contributed by atoms with Crippen LogP contribution in [-0.2, 0) is 6.42 Å². The van der Waals surface area contributed by atoms with E-state index in [9.17, 15) is 0 Å². The van der Waals surface area contributed by atoms with Crippen molar-refractivity contribution in [2.75, 3.05) is 32.7 Å². The Labute approximate surface area is 124 Å². The number of likely N-dealkylation sites (N-methyl/N-ethyl adjacent to an activating group) is 1. The molecule has 2 aromatic heterocycles. The van der Waals surface area contributed by atoms with Gasteiger partial charge in [0.15, 0.2) is 5.76 Å². The number of rotatable bonds is 9. The summed E-state index contributed by atoms with van der Waals surface area (Å²) < 4.78 is 5.35. The number of hydrogen-bond donors (Lipinski definition) is 1. The summed E-state index contributed by atoms with van der Waals surface area (Å²) in [6, 6.07) is 3.84. The van der Waals surface area contributed by atoms with Gasteiger partial charge in [-0.05, 0) is 25.2 Å². The zero-order valence-electron chi connectivity index (χ0n) is 12.3. The topological polar surface area (TPSA) is 41.3 Å². The Morgan fingerprint density at radius 2 is 2.15 bits per heavy atom. The summed E-state index contributed by atoms with van der Waals surface area (Å²) in [5.41, 5.74) is 0.943. The fourth-order valence-corrected chi connectivity index (χ4v) is 2.85. The molecule has 0 radical (unpaired) electrons. The van der Waals surface area contributed by atoms with Crippen LogP contribution in [0.4, 0.5) is 0 Å². The van der Waals surface area contributed by atoms with Crippen LogP contribution in [0, 0.1) is 0 Å². The van der Waals surface area contributed by atoms with E-state index in [0.717, 1.165) is 55.6 Å². The van der Waals surface area contributed by atoms with Crippen molar-refractivity contribution in [3.63, 3.8) is 0 Å². The molecule has 0 amide bonds. The van der Waals surface area contributed by atoms with Crippen LogP contribution >= 0.6 is 11.3 Å². The molecular weight excluding hydrogens is 270 g/mol. The summed E-state index contributed by atoms with van der Waals surface area (Å²) in [6.07, 6.45) is 2.66. The van der Waals surface area contributed by atoms with Gasteiger partial charge >= 0.3 is 0 Å². The van der Waals surface area contributed by atoms with Gasteiger partial charge in [-0.1, -0.05) is 13.8 Å². The Bertz CT molecular complexity index is 477. The SMILES string of the molecule is CCN(CC)CCNCCc1nc(-c2ccco2)cs1. The van der Waals surface area contributed by atoms with Crippen molar-refractivity contribution in [2.45, 2.75) is 20.3 Å². The molecule has 1 N–H and O–H groups in total. The fourth-order valence-electron chi connectivity index (χ4n) is 2.06. The zero-order chi connectivity index (χ0) is 14.2. The van der Waals surface area contributed by atoms with E-state index in [-0.39, 0.29) is 0 Å². The molecule has 0 aliphatic rings. The standard InChI is InChI=1S/C15H23N3OS/c1-3-18(4-2)10-9-16-8-7-15-17-13(12-20-15)14-6-5-11-19-14/h5-6,11-12,16H,3-4,7-10H2,1-2H3. The maximum Gasteiger partial charge on any atom is 0.153 e. The second-order valence-electron chi connectivity index (χ2n) is 4.63. The molecular formula is C15H23N3OS. The number of thiazole rings is 1. The van der Waals surface area contributed by atoms with Crippen LogP contribution < -0.4 is 5.32 Å². The Hall–Kier alpha value is -1.17. The molecule has 2 rings (SSSR count). The average molecular weight is 293 g/mol. The maximum atomic E-state index is 5.35. The molecule has 0 saturated heterocycles. The van der Waals surface area contributed by atoms with Gasteiger partial charge < -0.3 is 14.6 Å². The van der Waals surface area contributed by atoms with E-state index in [1.165, 1.54) is 0 Å². The predicted octanol–water partition coefficient (Wildman–Crippen LogP) is 2.88. The molecule has 0 fully saturated rings. The predicted molar refractivity (Wildman–Crippen MR) is 84.2 cm³/mol. The lowest BCUT2D eigenvalue weighted by molar-refractivity contribution is 0.303. The summed E-state index contributed by atoms with van der Waals surface area (Å²) in [6.45, 7) is 9.78. The van der Waals surface area contributed by atoms with E-state index < -0.39 is 0 Å². The van der Waals surface area contributed by atoms with Gasteiger partial charge in [-0.25, -0.2) is 4.98 Å². The largest absolute Gasteiger partial charge is 0.463 e. The highest BCUT2D eigenvalue weighted by Gasteiger charge is 2.06. The summed E-state index contributed by atoms with van der Waals surface area (Å²) in [4.78, 5) is 7.01. The molecule has 2 aromatic rings. The van der Waals surface area contributed by atoms with E-state index in [4.69, 9.17) is 4.42 Å². The van der Waals surface area contributed by atoms with Crippen molar-refractivity contribution < 1.29 is 4.42 Å². The Kier molecular flexibility index (Phi) is 6.24. The smallest absolute Gasteiger partial charge is 0.153 e. The number of hydrogen-bond acceptors (Lipinski definition) is 5. The van der Waals surface area contributed by atoms with Crippen LogP contribution in [0.5, 0.6) is 0 Å². The van der Waals surface area contributed by atoms with Crippen molar-refractivity contribution in [1.82, 2.24) is 15.2 Å². The molecule has 0 aliphatic carbocycles. The van der Waals surface area contributed by atoms with Crippen LogP contribution in [0.25, 0.3) is 11.5 Å². The second-order valence-corrected chi connectivity index (χ2v) is 5.57. The zero-order valence-corrected chi connectivity index (χ0v) is 13.1. The minimum absolute atomic E-state index is 0.849. The van der Waals surface area contributed by atoms with Gasteiger partial charge in [0.2, 0.25) is 0 Å². The number of nitrogens with one attached hydrogen (secondary N) is 1. The van der Waals surface area contributed by atoms with E-state index in [0.29, 0.717) is 0 Å². The average Bonchev–Trinajstić information content (AvgIpc) is 3.13. The van der Waals surface area contributed by atoms with Crippen LogP contribution in [0.15, 0.2) is 28.2 Å². The minimum atomic E-state index is 0.849. The van der Waals surface area contributed by atoms with E-state index in [2.05, 4.69) is 34.4 Å². The third-order valence-electron chi connectivity index (χ3n) is 3.34. The third-order valence-corrected chi connectivity index (χ3v) is 4.25. The molecule has 110 valence electrons. The van der Waals surface area contributed by atoms with Gasteiger partial charge in [0, 0.05) is 31.4 Å². The quantitative estimate of drug-likeness (QED) is 0.722. The first-order valence-corrected chi connectivity index (χ1v) is 8.12. The maximum absolute atomic E-state index is 5.35. The van der Waals surface area contributed by atoms with Gasteiger partial charge in [-0.2, -0.15) is 0 Å². The number of aromatic nitrogens is 1. The van der Waals surface area contributed by atoms with E-state index in [1.54, 1.807) is 17.6 Å². The Morgan fingerprint density at radius 3 is 2.85 bits per heavy atom. The lowest BCUT2D eigenvalue weighted by Gasteiger charge is -2.17. The van der Waals surface area contributed by atoms with Crippen molar-refractivity contribution >= 4 is 11.3 Å². The molecule has 0 unspecified atom stereocenters. The van der Waals surface area contributed by atoms with Crippen LogP contribution in [0.2, 0.25) is 0 Å².